The van der Waals surface area contributed by atoms with E-state index < -0.39 is 41.2 Å². The van der Waals surface area contributed by atoms with Gasteiger partial charge in [0, 0.05) is 15.6 Å². The molecule has 0 fully saturated rings. The highest BCUT2D eigenvalue weighted by molar-refractivity contribution is 6.31. The monoisotopic (exact) mass is 482 g/mol. The Hall–Kier alpha value is -3.14. The number of benzene rings is 2. The second-order valence-corrected chi connectivity index (χ2v) is 7.71. The Balaban J connectivity index is 1.80. The molecule has 0 radical (unpaired) electrons. The lowest BCUT2D eigenvalue weighted by molar-refractivity contribution is -0.148. The molecule has 3 rings (SSSR count). The normalized spacial score (nSPS) is 12.9. The molecule has 0 aliphatic heterocycles. The van der Waals surface area contributed by atoms with E-state index in [-0.39, 0.29) is 23.6 Å². The standard InChI is InChI=1S/C21H17Cl2FN2O6/c22-13-6-5-12(15(24)8-13)10-26-18(27)9-17(32-26)20(29)25-16(19(28)21(30)31)7-11-3-1-2-4-14(11)23/h1-6,8-9,16,19,28H,7,10H2,(H,25,29)(H,30,31)/t16-,19-/m1/s1. The SMILES string of the molecule is O=C(N[C@H](Cc1ccccc1Cl)[C@@H](O)C(=O)O)c1cc(=O)n(Cc2ccc(Cl)cc2F)o1. The predicted molar refractivity (Wildman–Crippen MR) is 114 cm³/mol. The van der Waals surface area contributed by atoms with Crippen molar-refractivity contribution in [1.29, 1.82) is 0 Å². The number of rotatable bonds is 8. The third kappa shape index (κ3) is 5.56. The summed E-state index contributed by atoms with van der Waals surface area (Å²) in [4.78, 5) is 36.1. The van der Waals surface area contributed by atoms with Crippen LogP contribution in [0.1, 0.15) is 21.7 Å². The fourth-order valence-electron chi connectivity index (χ4n) is 2.95. The molecule has 1 heterocycles. The molecule has 8 nitrogen and oxygen atoms in total. The van der Waals surface area contributed by atoms with E-state index in [9.17, 15) is 29.0 Å². The molecule has 2 aromatic carbocycles. The van der Waals surface area contributed by atoms with Gasteiger partial charge in [-0.25, -0.2) is 9.18 Å². The highest BCUT2D eigenvalue weighted by Crippen LogP contribution is 2.19. The summed E-state index contributed by atoms with van der Waals surface area (Å²) in [5.74, 6) is -3.59. The Kier molecular flexibility index (Phi) is 7.34. The van der Waals surface area contributed by atoms with Gasteiger partial charge in [0.1, 0.15) is 5.82 Å². The molecule has 0 saturated heterocycles. The van der Waals surface area contributed by atoms with Gasteiger partial charge in [0.05, 0.1) is 18.7 Å². The van der Waals surface area contributed by atoms with E-state index in [0.29, 0.717) is 10.6 Å². The largest absolute Gasteiger partial charge is 0.479 e. The molecule has 3 aromatic rings. The summed E-state index contributed by atoms with van der Waals surface area (Å²) in [7, 11) is 0. The van der Waals surface area contributed by atoms with Crippen molar-refractivity contribution in [1.82, 2.24) is 10.1 Å². The highest BCUT2D eigenvalue weighted by Gasteiger charge is 2.29. The maximum absolute atomic E-state index is 14.0. The molecule has 11 heteroatoms. The first-order valence-electron chi connectivity index (χ1n) is 9.26. The van der Waals surface area contributed by atoms with Gasteiger partial charge < -0.3 is 20.1 Å². The molecule has 32 heavy (non-hydrogen) atoms. The van der Waals surface area contributed by atoms with Crippen molar-refractivity contribution in [3.63, 3.8) is 0 Å². The number of carbonyl (C=O) groups excluding carboxylic acids is 1. The van der Waals surface area contributed by atoms with Crippen LogP contribution in [-0.2, 0) is 17.8 Å². The van der Waals surface area contributed by atoms with Gasteiger partial charge in [-0.2, -0.15) is 4.74 Å². The van der Waals surface area contributed by atoms with Gasteiger partial charge >= 0.3 is 5.97 Å². The molecular weight excluding hydrogens is 466 g/mol. The minimum Gasteiger partial charge on any atom is -0.479 e. The number of hydrogen-bond acceptors (Lipinski definition) is 5. The number of amides is 1. The van der Waals surface area contributed by atoms with Gasteiger partial charge in [-0.05, 0) is 30.2 Å². The first kappa shape index (κ1) is 23.5. The minimum absolute atomic E-state index is 0.0974. The van der Waals surface area contributed by atoms with Crippen molar-refractivity contribution < 1.29 is 28.7 Å². The number of aliphatic carboxylic acids is 1. The highest BCUT2D eigenvalue weighted by atomic mass is 35.5. The molecule has 0 unspecified atom stereocenters. The fourth-order valence-corrected chi connectivity index (χ4v) is 3.32. The lowest BCUT2D eigenvalue weighted by atomic mass is 10.0. The van der Waals surface area contributed by atoms with E-state index >= 15 is 0 Å². The van der Waals surface area contributed by atoms with E-state index in [1.807, 2.05) is 0 Å². The van der Waals surface area contributed by atoms with Crippen LogP contribution < -0.4 is 10.9 Å². The van der Waals surface area contributed by atoms with E-state index in [1.54, 1.807) is 24.3 Å². The van der Waals surface area contributed by atoms with E-state index in [1.165, 1.54) is 12.1 Å². The summed E-state index contributed by atoms with van der Waals surface area (Å²) >= 11 is 11.8. The zero-order chi connectivity index (χ0) is 23.4. The molecule has 3 N–H and O–H groups in total. The quantitative estimate of drug-likeness (QED) is 0.453. The average molecular weight is 483 g/mol. The number of carbonyl (C=O) groups is 2. The number of halogens is 3. The molecule has 2 atom stereocenters. The molecule has 0 spiro atoms. The third-order valence-electron chi connectivity index (χ3n) is 4.61. The lowest BCUT2D eigenvalue weighted by Gasteiger charge is -2.21. The number of aromatic nitrogens is 1. The Labute approximate surface area is 190 Å². The van der Waals surface area contributed by atoms with Gasteiger partial charge in [-0.1, -0.05) is 47.5 Å². The van der Waals surface area contributed by atoms with Crippen molar-refractivity contribution in [3.05, 3.63) is 91.6 Å². The Bertz CT molecular complexity index is 1210. The minimum atomic E-state index is -1.95. The van der Waals surface area contributed by atoms with Crippen molar-refractivity contribution in [2.24, 2.45) is 0 Å². The molecule has 0 aliphatic rings. The van der Waals surface area contributed by atoms with Gasteiger partial charge in [0.25, 0.3) is 11.5 Å². The van der Waals surface area contributed by atoms with Crippen LogP contribution in [0.5, 0.6) is 0 Å². The predicted octanol–water partition coefficient (Wildman–Crippen LogP) is 2.72. The van der Waals surface area contributed by atoms with Crippen LogP contribution >= 0.6 is 23.2 Å². The van der Waals surface area contributed by atoms with Crippen molar-refractivity contribution in [2.75, 3.05) is 0 Å². The van der Waals surface area contributed by atoms with Gasteiger partial charge in [0.15, 0.2) is 6.10 Å². The second-order valence-electron chi connectivity index (χ2n) is 6.87. The molecule has 0 aliphatic carbocycles. The van der Waals surface area contributed by atoms with E-state index in [2.05, 4.69) is 5.32 Å². The van der Waals surface area contributed by atoms with Crippen LogP contribution in [0.4, 0.5) is 4.39 Å². The number of hydrogen-bond donors (Lipinski definition) is 3. The Morgan fingerprint density at radius 3 is 2.50 bits per heavy atom. The topological polar surface area (TPSA) is 122 Å². The zero-order valence-electron chi connectivity index (χ0n) is 16.3. The number of nitrogens with zero attached hydrogens (tertiary/aromatic N) is 1. The molecule has 1 amide bonds. The van der Waals surface area contributed by atoms with Gasteiger partial charge in [-0.15, -0.1) is 0 Å². The van der Waals surface area contributed by atoms with E-state index in [0.717, 1.165) is 16.9 Å². The van der Waals surface area contributed by atoms with Crippen LogP contribution in [0.2, 0.25) is 10.0 Å². The number of carboxylic acids is 1. The molecule has 1 aromatic heterocycles. The van der Waals surface area contributed by atoms with Gasteiger partial charge in [0.2, 0.25) is 5.76 Å². The van der Waals surface area contributed by atoms with Gasteiger partial charge in [-0.3, -0.25) is 9.59 Å². The molecule has 0 bridgehead atoms. The zero-order valence-corrected chi connectivity index (χ0v) is 17.8. The maximum Gasteiger partial charge on any atom is 0.334 e. The summed E-state index contributed by atoms with van der Waals surface area (Å²) in [6.45, 7) is -0.296. The maximum atomic E-state index is 14.0. The summed E-state index contributed by atoms with van der Waals surface area (Å²) in [6, 6.07) is 10.0. The van der Waals surface area contributed by atoms with Crippen LogP contribution in [-0.4, -0.2) is 39.0 Å². The van der Waals surface area contributed by atoms with E-state index in [4.69, 9.17) is 27.7 Å². The smallest absolute Gasteiger partial charge is 0.334 e. The number of carboxylic acid groups (broad SMARTS) is 1. The van der Waals surface area contributed by atoms with Crippen molar-refractivity contribution in [3.8, 4) is 0 Å². The third-order valence-corrected chi connectivity index (χ3v) is 5.21. The Morgan fingerprint density at radius 1 is 1.12 bits per heavy atom. The average Bonchev–Trinajstić information content (AvgIpc) is 3.11. The van der Waals surface area contributed by atoms with Crippen LogP contribution in [0.25, 0.3) is 0 Å². The van der Waals surface area contributed by atoms with Crippen molar-refractivity contribution >= 4 is 35.1 Å². The number of aliphatic hydroxyl groups is 1. The molecule has 0 saturated carbocycles. The second kappa shape index (κ2) is 9.99. The lowest BCUT2D eigenvalue weighted by Crippen LogP contribution is -2.48. The fraction of sp³-hybridized carbons (Fsp3) is 0.190. The molecule has 168 valence electrons. The van der Waals surface area contributed by atoms with Crippen molar-refractivity contribution in [2.45, 2.75) is 25.1 Å². The van der Waals surface area contributed by atoms with Crippen LogP contribution in [0, 0.1) is 5.82 Å². The summed E-state index contributed by atoms with van der Waals surface area (Å²) in [6.07, 6.45) is -2.05. The number of nitrogens with one attached hydrogen (secondary N) is 1. The number of aliphatic hydroxyl groups excluding tert-OH is 1. The first-order valence-corrected chi connectivity index (χ1v) is 10.0. The van der Waals surface area contributed by atoms with Crippen LogP contribution in [0.3, 0.4) is 0 Å². The summed E-state index contributed by atoms with van der Waals surface area (Å²) in [5.41, 5.74) is -0.112. The summed E-state index contributed by atoms with van der Waals surface area (Å²) in [5, 5.41) is 22.1. The Morgan fingerprint density at radius 2 is 1.84 bits per heavy atom. The molecular formula is C21H17Cl2FN2O6. The first-order chi connectivity index (χ1) is 15.2. The van der Waals surface area contributed by atoms with Crippen LogP contribution in [0.15, 0.2) is 57.8 Å². The summed E-state index contributed by atoms with van der Waals surface area (Å²) < 4.78 is 20.0.